The first-order valence-corrected chi connectivity index (χ1v) is 17.0. The lowest BCUT2D eigenvalue weighted by Crippen LogP contribution is -2.47. The predicted molar refractivity (Wildman–Crippen MR) is 198 cm³/mol. The number of hydrogen-bond acceptors (Lipinski definition) is 11. The summed E-state index contributed by atoms with van der Waals surface area (Å²) >= 11 is 0. The normalized spacial score (nSPS) is 14.9. The minimum Gasteiger partial charge on any atom is -0.480 e. The number of nitro groups is 2. The minimum absolute atomic E-state index is 0.0412. The molecule has 0 aliphatic carbocycles. The van der Waals surface area contributed by atoms with Gasteiger partial charge in [0.15, 0.2) is 5.82 Å². The van der Waals surface area contributed by atoms with Crippen LogP contribution in [0.15, 0.2) is 78.8 Å². The summed E-state index contributed by atoms with van der Waals surface area (Å²) in [7, 11) is 0. The van der Waals surface area contributed by atoms with Crippen LogP contribution in [0.3, 0.4) is 0 Å². The molecule has 1 heterocycles. The number of hydrogen-bond donors (Lipinski definition) is 6. The van der Waals surface area contributed by atoms with Crippen molar-refractivity contribution in [2.24, 2.45) is 5.41 Å². The molecule has 0 bridgehead atoms. The number of nitro benzene ring substituents is 1. The van der Waals surface area contributed by atoms with Crippen molar-refractivity contribution in [3.8, 4) is 0 Å². The van der Waals surface area contributed by atoms with Gasteiger partial charge >= 0.3 is 11.9 Å². The van der Waals surface area contributed by atoms with Crippen LogP contribution in [0.2, 0.25) is 0 Å². The Bertz CT molecular complexity index is 2030. The smallest absolute Gasteiger partial charge is 0.326 e. The molecule has 1 aliphatic rings. The average molecular weight is 760 g/mol. The van der Waals surface area contributed by atoms with E-state index in [1.165, 1.54) is 48.2 Å². The molecule has 1 aliphatic heterocycles. The number of carbonyl (C=O) groups is 5. The van der Waals surface area contributed by atoms with Crippen molar-refractivity contribution in [2.75, 3.05) is 10.6 Å². The highest BCUT2D eigenvalue weighted by Crippen LogP contribution is 2.36. The van der Waals surface area contributed by atoms with E-state index in [1.54, 1.807) is 30.3 Å². The molecule has 290 valence electrons. The van der Waals surface area contributed by atoms with Crippen LogP contribution in [-0.4, -0.2) is 66.7 Å². The molecule has 18 nitrogen and oxygen atoms in total. The van der Waals surface area contributed by atoms with Gasteiger partial charge in [0.1, 0.15) is 18.1 Å². The van der Waals surface area contributed by atoms with Crippen LogP contribution in [0, 0.1) is 25.6 Å². The Hall–Kier alpha value is -6.85. The molecule has 0 fully saturated rings. The number of carbonyl (C=O) groups excluding carboxylic acids is 3. The minimum atomic E-state index is -1.49. The van der Waals surface area contributed by atoms with Crippen LogP contribution >= 0.6 is 0 Å². The van der Waals surface area contributed by atoms with Gasteiger partial charge in [0.25, 0.3) is 11.9 Å². The summed E-state index contributed by atoms with van der Waals surface area (Å²) in [6.07, 6.45) is 0.359. The van der Waals surface area contributed by atoms with Crippen LogP contribution in [0.1, 0.15) is 62.4 Å². The van der Waals surface area contributed by atoms with E-state index in [-0.39, 0.29) is 42.7 Å². The topological polar surface area (TPSA) is 263 Å². The van der Waals surface area contributed by atoms with E-state index in [0.717, 1.165) is 0 Å². The van der Waals surface area contributed by atoms with Gasteiger partial charge in [-0.05, 0) is 51.9 Å². The Balaban J connectivity index is 1.53. The van der Waals surface area contributed by atoms with Crippen molar-refractivity contribution in [3.63, 3.8) is 0 Å². The van der Waals surface area contributed by atoms with E-state index in [2.05, 4.69) is 21.3 Å². The first-order valence-electron chi connectivity index (χ1n) is 17.0. The highest BCUT2D eigenvalue weighted by molar-refractivity contribution is 5.92. The number of aliphatic carboxylic acids is 2. The van der Waals surface area contributed by atoms with Crippen LogP contribution in [0.5, 0.6) is 0 Å². The highest BCUT2D eigenvalue weighted by Gasteiger charge is 2.39. The second-order valence-corrected chi connectivity index (χ2v) is 14.1. The zero-order valence-corrected chi connectivity index (χ0v) is 30.4. The molecular formula is C37H41N7O11. The fourth-order valence-corrected chi connectivity index (χ4v) is 6.06. The van der Waals surface area contributed by atoms with Gasteiger partial charge in [-0.2, -0.15) is 0 Å². The molecule has 0 spiro atoms. The number of anilines is 2. The maximum Gasteiger partial charge on any atom is 0.326 e. The van der Waals surface area contributed by atoms with E-state index >= 15 is 0 Å². The third kappa shape index (κ3) is 11.3. The van der Waals surface area contributed by atoms with Gasteiger partial charge in [0.2, 0.25) is 17.7 Å². The van der Waals surface area contributed by atoms with Gasteiger partial charge in [-0.15, -0.1) is 0 Å². The van der Waals surface area contributed by atoms with E-state index in [4.69, 9.17) is 0 Å². The number of amides is 3. The van der Waals surface area contributed by atoms with Gasteiger partial charge in [0, 0.05) is 56.2 Å². The zero-order valence-electron chi connectivity index (χ0n) is 30.4. The molecule has 6 N–H and O–H groups in total. The van der Waals surface area contributed by atoms with Crippen LogP contribution < -0.4 is 21.3 Å². The Morgan fingerprint density at radius 2 is 1.40 bits per heavy atom. The monoisotopic (exact) mass is 759 g/mol. The number of non-ortho nitro benzene ring substituents is 1. The van der Waals surface area contributed by atoms with Gasteiger partial charge in [-0.1, -0.05) is 51.1 Å². The standard InChI is InChI=1S/C37H41N7O11/c1-21(45)42-19-24-15-26(39-31(20-43(52)53)38-25-9-12-27(13-10-25)44(54)55)11-14-28(24)33(42)34(47)41-30(36(50)51)17-23-8-6-5-7-22(23)16-29(35(48)49)40-32(46)18-37(2,3)4/h5-15,20,29-30,33,38-39H,16-19H2,1-4H3,(H,40,46)(H,41,47)(H,48,49)(H,50,51). The number of rotatable bonds is 16. The Morgan fingerprint density at radius 3 is 1.91 bits per heavy atom. The summed E-state index contributed by atoms with van der Waals surface area (Å²) in [6.45, 7) is 6.73. The summed E-state index contributed by atoms with van der Waals surface area (Å²) in [5.74, 6) is -4.46. The fraction of sp³-hybridized carbons (Fsp3) is 0.324. The van der Waals surface area contributed by atoms with Gasteiger partial charge in [-0.3, -0.25) is 34.6 Å². The Kier molecular flexibility index (Phi) is 12.9. The maximum absolute atomic E-state index is 13.8. The Labute approximate surface area is 314 Å². The molecule has 3 aromatic rings. The second-order valence-electron chi connectivity index (χ2n) is 14.1. The van der Waals surface area contributed by atoms with E-state index in [1.807, 2.05) is 20.8 Å². The lowest BCUT2D eigenvalue weighted by atomic mass is 9.91. The van der Waals surface area contributed by atoms with Crippen molar-refractivity contribution in [1.82, 2.24) is 15.5 Å². The van der Waals surface area contributed by atoms with Crippen molar-refractivity contribution >= 4 is 46.7 Å². The lowest BCUT2D eigenvalue weighted by Gasteiger charge is -2.25. The summed E-state index contributed by atoms with van der Waals surface area (Å²) in [4.78, 5) is 86.0. The van der Waals surface area contributed by atoms with Crippen LogP contribution in [0.25, 0.3) is 0 Å². The van der Waals surface area contributed by atoms with E-state index in [9.17, 15) is 54.4 Å². The molecule has 18 heteroatoms. The van der Waals surface area contributed by atoms with Crippen molar-refractivity contribution in [1.29, 1.82) is 0 Å². The molecule has 0 saturated carbocycles. The van der Waals surface area contributed by atoms with Crippen molar-refractivity contribution < 1.29 is 44.0 Å². The molecule has 4 rings (SSSR count). The predicted octanol–water partition coefficient (Wildman–Crippen LogP) is 3.96. The largest absolute Gasteiger partial charge is 0.480 e. The van der Waals surface area contributed by atoms with E-state index < -0.39 is 57.6 Å². The molecule has 3 atom stereocenters. The van der Waals surface area contributed by atoms with E-state index in [0.29, 0.717) is 39.8 Å². The van der Waals surface area contributed by atoms with Gasteiger partial charge in [0.05, 0.1) is 9.85 Å². The van der Waals surface area contributed by atoms with Gasteiger partial charge in [-0.25, -0.2) is 9.59 Å². The molecule has 0 radical (unpaired) electrons. The number of nitrogens with zero attached hydrogens (tertiary/aromatic N) is 3. The van der Waals surface area contributed by atoms with Crippen molar-refractivity contribution in [2.45, 2.75) is 71.6 Å². The second kappa shape index (κ2) is 17.3. The molecule has 0 aromatic heterocycles. The number of fused-ring (bicyclic) bond motifs is 1. The summed E-state index contributed by atoms with van der Waals surface area (Å²) in [5, 5.41) is 53.1. The molecule has 3 aromatic carbocycles. The number of benzene rings is 3. The lowest BCUT2D eigenvalue weighted by molar-refractivity contribution is -0.403. The van der Waals surface area contributed by atoms with Gasteiger partial charge < -0.3 is 36.4 Å². The number of nitrogens with one attached hydrogen (secondary N) is 4. The van der Waals surface area contributed by atoms with Crippen LogP contribution in [0.4, 0.5) is 17.1 Å². The molecular weight excluding hydrogens is 718 g/mol. The third-order valence-electron chi connectivity index (χ3n) is 8.52. The molecule has 3 amide bonds. The highest BCUT2D eigenvalue weighted by atomic mass is 16.6. The maximum atomic E-state index is 13.8. The Morgan fingerprint density at radius 1 is 0.855 bits per heavy atom. The number of carboxylic acid groups (broad SMARTS) is 2. The summed E-state index contributed by atoms with van der Waals surface area (Å²) < 4.78 is 0. The third-order valence-corrected chi connectivity index (χ3v) is 8.52. The molecule has 0 saturated heterocycles. The first-order chi connectivity index (χ1) is 25.8. The first kappa shape index (κ1) is 40.9. The SMILES string of the molecule is CC(=O)N1Cc2cc(NC(=C[N+](=O)[O-])Nc3ccc([N+](=O)[O-])cc3)ccc2C1C(=O)NC(Cc1ccccc1CC(NC(=O)CC(C)(C)C)C(=O)O)C(=O)O. The van der Waals surface area contributed by atoms with Crippen LogP contribution in [-0.2, 0) is 43.4 Å². The molecule has 55 heavy (non-hydrogen) atoms. The molecule has 3 unspecified atom stereocenters. The summed E-state index contributed by atoms with van der Waals surface area (Å²) in [5.41, 5.74) is 1.86. The fourth-order valence-electron chi connectivity index (χ4n) is 6.06. The quantitative estimate of drug-likeness (QED) is 0.0894. The van der Waals surface area contributed by atoms with Crippen molar-refractivity contribution in [3.05, 3.63) is 121 Å². The average Bonchev–Trinajstić information content (AvgIpc) is 3.47. The summed E-state index contributed by atoms with van der Waals surface area (Å²) in [6, 6.07) is 12.3. The zero-order chi connectivity index (χ0) is 40.6. The number of carboxylic acids is 2.